The van der Waals surface area contributed by atoms with Crippen molar-refractivity contribution in [3.05, 3.63) is 0 Å². The van der Waals surface area contributed by atoms with Crippen molar-refractivity contribution in [2.75, 3.05) is 21.3 Å². The van der Waals surface area contributed by atoms with Gasteiger partial charge >= 0.3 is 0 Å². The van der Waals surface area contributed by atoms with Crippen LogP contribution in [-0.2, 0) is 13.6 Å². The summed E-state index contributed by atoms with van der Waals surface area (Å²) in [7, 11) is 2.45. The molecule has 0 aliphatic carbocycles. The van der Waals surface area contributed by atoms with Crippen molar-refractivity contribution in [1.82, 2.24) is 0 Å². The van der Waals surface area contributed by atoms with Gasteiger partial charge in [-0.3, -0.25) is 0 Å². The second-order valence-electron chi connectivity index (χ2n) is 5.49. The van der Waals surface area contributed by atoms with E-state index >= 15 is 0 Å². The van der Waals surface area contributed by atoms with Gasteiger partial charge in [-0.2, -0.15) is 0 Å². The summed E-state index contributed by atoms with van der Waals surface area (Å²) in [6.07, 6.45) is 0. The summed E-state index contributed by atoms with van der Waals surface area (Å²) in [6, 6.07) is 2.29. The first-order valence-electron chi connectivity index (χ1n) is 5.46. The molecule has 0 aromatic heterocycles. The van der Waals surface area contributed by atoms with E-state index in [2.05, 4.69) is 20.0 Å². The Bertz CT molecular complexity index is 191. The van der Waals surface area contributed by atoms with E-state index in [9.17, 15) is 0 Å². The molecule has 1 fully saturated rings. The Morgan fingerprint density at radius 1 is 1.00 bits per heavy atom. The maximum Gasteiger partial charge on any atom is 0.172 e. The quantitative estimate of drug-likeness (QED) is 0.712. The molecule has 1 aliphatic rings. The van der Waals surface area contributed by atoms with Gasteiger partial charge in [-0.25, -0.2) is 0 Å². The van der Waals surface area contributed by atoms with Gasteiger partial charge in [0.05, 0.1) is 14.2 Å². The molecule has 3 nitrogen and oxygen atoms in total. The highest BCUT2D eigenvalue weighted by Crippen LogP contribution is 2.38. The lowest BCUT2D eigenvalue weighted by Gasteiger charge is -2.48. The molecule has 6 heteroatoms. The van der Waals surface area contributed by atoms with E-state index in [0.29, 0.717) is 0 Å². The molecule has 0 N–H and O–H groups in total. The van der Waals surface area contributed by atoms with E-state index in [1.54, 1.807) is 0 Å². The molecule has 0 aromatic rings. The maximum absolute atomic E-state index is 5.85. The van der Waals surface area contributed by atoms with E-state index < -0.39 is 15.7 Å². The minimum atomic E-state index is -1.47. The normalized spacial score (nSPS) is 48.4. The maximum atomic E-state index is 5.85. The zero-order valence-electron chi connectivity index (χ0n) is 10.8. The third-order valence-electron chi connectivity index (χ3n) is 3.72. The van der Waals surface area contributed by atoms with Crippen LogP contribution < -0.4 is 0 Å². The van der Waals surface area contributed by atoms with Gasteiger partial charge in [-0.1, -0.05) is 0 Å². The monoisotopic (exact) mass is 264 g/mol. The summed E-state index contributed by atoms with van der Waals surface area (Å²) in [5.41, 5.74) is -0.000779. The predicted octanol–water partition coefficient (Wildman–Crippen LogP) is 1.01. The van der Waals surface area contributed by atoms with Crippen molar-refractivity contribution >= 4 is 24.2 Å². The highest BCUT2D eigenvalue weighted by molar-refractivity contribution is 7.50. The molecule has 2 unspecified atom stereocenters. The first-order chi connectivity index (χ1) is 6.80. The van der Waals surface area contributed by atoms with Crippen LogP contribution in [0.25, 0.3) is 0 Å². The second kappa shape index (κ2) is 4.42. The number of ether oxygens (including phenoxy) is 1. The third-order valence-corrected chi connectivity index (χ3v) is 31.4. The largest absolute Gasteiger partial charge is 0.424 e. The molecule has 0 spiro atoms. The summed E-state index contributed by atoms with van der Waals surface area (Å²) < 4.78 is 17.4. The van der Waals surface area contributed by atoms with Gasteiger partial charge in [-0.15, -0.1) is 0 Å². The topological polar surface area (TPSA) is 27.7 Å². The summed E-state index contributed by atoms with van der Waals surface area (Å²) in [6.45, 7) is 6.94. The highest BCUT2D eigenvalue weighted by atomic mass is 29.6. The summed E-state index contributed by atoms with van der Waals surface area (Å²) in [4.78, 5) is 0. The van der Waals surface area contributed by atoms with E-state index in [-0.39, 0.29) is 14.2 Å². The number of methoxy groups -OCH3 is 1. The Labute approximate surface area is 97.2 Å². The number of rotatable bonds is 3. The number of hydrogen-bond acceptors (Lipinski definition) is 3. The molecular weight excluding hydrogens is 240 g/mol. The van der Waals surface area contributed by atoms with Crippen LogP contribution in [-0.4, -0.2) is 51.2 Å². The second-order valence-corrected chi connectivity index (χ2v) is 26.4. The molecule has 90 valence electrons. The first-order valence-corrected chi connectivity index (χ1v) is 15.3. The van der Waals surface area contributed by atoms with E-state index in [0.717, 1.165) is 12.1 Å². The summed E-state index contributed by atoms with van der Waals surface area (Å²) >= 11 is 0. The summed E-state index contributed by atoms with van der Waals surface area (Å²) in [5.74, 6) is 0. The van der Waals surface area contributed by atoms with Crippen LogP contribution >= 0.6 is 0 Å². The fourth-order valence-electron chi connectivity index (χ4n) is 2.99. The molecule has 2 atom stereocenters. The lowest BCUT2D eigenvalue weighted by Crippen LogP contribution is -2.66. The Morgan fingerprint density at radius 3 is 1.67 bits per heavy atom. The van der Waals surface area contributed by atoms with Crippen molar-refractivity contribution in [2.45, 2.75) is 37.7 Å². The van der Waals surface area contributed by atoms with Crippen molar-refractivity contribution < 1.29 is 13.6 Å². The molecular formula is C9H24O3Si3. The van der Waals surface area contributed by atoms with Crippen molar-refractivity contribution in [1.29, 1.82) is 0 Å². The Kier molecular flexibility index (Phi) is 4.01. The van der Waals surface area contributed by atoms with Gasteiger partial charge in [-0.05, 0) is 32.1 Å². The zero-order valence-corrected chi connectivity index (χ0v) is 14.3. The molecule has 0 radical (unpaired) electrons. The average molecular weight is 265 g/mol. The Morgan fingerprint density at radius 2 is 1.40 bits per heavy atom. The molecule has 1 rings (SSSR count). The molecule has 0 saturated carbocycles. The SMILES string of the molecule is COC1(C)C[Si](C)(OC)[SiH2][Si](C)(OC)C1. The van der Waals surface area contributed by atoms with Crippen LogP contribution in [0.4, 0.5) is 0 Å². The van der Waals surface area contributed by atoms with E-state index in [1.165, 1.54) is 0 Å². The predicted molar refractivity (Wildman–Crippen MR) is 70.8 cm³/mol. The Balaban J connectivity index is 2.92. The van der Waals surface area contributed by atoms with Gasteiger partial charge < -0.3 is 13.6 Å². The van der Waals surface area contributed by atoms with Crippen molar-refractivity contribution in [3.63, 3.8) is 0 Å². The standard InChI is InChI=1S/C9H24O3Si3/c1-9(10-2)7-14(5,11-3)13-15(6,8-9)12-4/h7-8,13H2,1-6H3. The number of hydrogen-bond donors (Lipinski definition) is 0. The van der Waals surface area contributed by atoms with Crippen molar-refractivity contribution in [3.8, 4) is 0 Å². The molecule has 15 heavy (non-hydrogen) atoms. The average Bonchev–Trinajstić information content (AvgIpc) is 2.16. The first kappa shape index (κ1) is 13.6. The van der Waals surface area contributed by atoms with Crippen LogP contribution in [0.15, 0.2) is 0 Å². The van der Waals surface area contributed by atoms with Gasteiger partial charge in [0.1, 0.15) is 0 Å². The lowest BCUT2D eigenvalue weighted by atomic mass is 10.2. The molecule has 0 bridgehead atoms. The van der Waals surface area contributed by atoms with Crippen LogP contribution in [0.2, 0.25) is 25.2 Å². The van der Waals surface area contributed by atoms with E-state index in [1.807, 2.05) is 21.3 Å². The fraction of sp³-hybridized carbons (Fsp3) is 1.00. The zero-order chi connectivity index (χ0) is 11.7. The third kappa shape index (κ3) is 3.01. The minimum absolute atomic E-state index is 0.000779. The minimum Gasteiger partial charge on any atom is -0.424 e. The van der Waals surface area contributed by atoms with Crippen LogP contribution in [0.1, 0.15) is 6.92 Å². The Hall–Kier alpha value is 0.531. The van der Waals surface area contributed by atoms with Crippen LogP contribution in [0, 0.1) is 0 Å². The van der Waals surface area contributed by atoms with Gasteiger partial charge in [0.15, 0.2) is 15.7 Å². The van der Waals surface area contributed by atoms with Gasteiger partial charge in [0.25, 0.3) is 0 Å². The molecule has 1 saturated heterocycles. The molecule has 0 aromatic carbocycles. The van der Waals surface area contributed by atoms with Crippen LogP contribution in [0.3, 0.4) is 0 Å². The lowest BCUT2D eigenvalue weighted by molar-refractivity contribution is 0.0319. The van der Waals surface area contributed by atoms with Gasteiger partial charge in [0, 0.05) is 21.3 Å². The molecule has 1 aliphatic heterocycles. The fourth-order valence-corrected chi connectivity index (χ4v) is 38.0. The van der Waals surface area contributed by atoms with E-state index in [4.69, 9.17) is 13.6 Å². The smallest absolute Gasteiger partial charge is 0.172 e. The van der Waals surface area contributed by atoms with Crippen molar-refractivity contribution in [2.24, 2.45) is 0 Å². The summed E-state index contributed by atoms with van der Waals surface area (Å²) in [5, 5.41) is 0. The van der Waals surface area contributed by atoms with Gasteiger partial charge in [0.2, 0.25) is 0 Å². The molecule has 0 amide bonds. The van der Waals surface area contributed by atoms with Crippen LogP contribution in [0.5, 0.6) is 0 Å². The highest BCUT2D eigenvalue weighted by Gasteiger charge is 2.53. The molecule has 1 heterocycles.